The predicted molar refractivity (Wildman–Crippen MR) is 55.1 cm³/mol. The van der Waals surface area contributed by atoms with E-state index in [9.17, 15) is 5.11 Å². The summed E-state index contributed by atoms with van der Waals surface area (Å²) in [6.07, 6.45) is 4.76. The molecule has 1 aromatic rings. The number of aromatic nitrogens is 1. The summed E-state index contributed by atoms with van der Waals surface area (Å²) >= 11 is 0. The Morgan fingerprint density at radius 1 is 1.43 bits per heavy atom. The van der Waals surface area contributed by atoms with E-state index in [1.165, 1.54) is 0 Å². The van der Waals surface area contributed by atoms with Crippen molar-refractivity contribution in [3.8, 4) is 0 Å². The van der Waals surface area contributed by atoms with Gasteiger partial charge >= 0.3 is 0 Å². The van der Waals surface area contributed by atoms with Crippen LogP contribution in [0.4, 0.5) is 0 Å². The Bertz CT molecular complexity index is 263. The van der Waals surface area contributed by atoms with E-state index in [4.69, 9.17) is 4.74 Å². The van der Waals surface area contributed by atoms with Crippen LogP contribution in [0.25, 0.3) is 0 Å². The van der Waals surface area contributed by atoms with Crippen molar-refractivity contribution in [2.45, 2.75) is 25.4 Å². The molecule has 0 radical (unpaired) electrons. The third kappa shape index (κ3) is 3.09. The van der Waals surface area contributed by atoms with Gasteiger partial charge in [-0.3, -0.25) is 4.98 Å². The maximum Gasteiger partial charge on any atom is 0.0917 e. The third-order valence-corrected chi connectivity index (χ3v) is 2.35. The fourth-order valence-corrected chi connectivity index (χ4v) is 1.43. The summed E-state index contributed by atoms with van der Waals surface area (Å²) in [5, 5.41) is 10.1. The zero-order valence-electron chi connectivity index (χ0n) is 8.73. The monoisotopic (exact) mass is 195 g/mol. The first-order chi connectivity index (χ1) is 6.70. The van der Waals surface area contributed by atoms with Crippen molar-refractivity contribution in [1.29, 1.82) is 0 Å². The van der Waals surface area contributed by atoms with Crippen LogP contribution in [0, 0.1) is 0 Å². The number of ether oxygens (including phenoxy) is 1. The van der Waals surface area contributed by atoms with Crippen molar-refractivity contribution < 1.29 is 9.84 Å². The molecule has 0 aromatic carbocycles. The van der Waals surface area contributed by atoms with Crippen LogP contribution < -0.4 is 0 Å². The lowest BCUT2D eigenvalue weighted by Crippen LogP contribution is -2.35. The Labute approximate surface area is 84.7 Å². The summed E-state index contributed by atoms with van der Waals surface area (Å²) in [5.74, 6) is 0. The molecule has 3 nitrogen and oxygen atoms in total. The number of hydrogen-bond acceptors (Lipinski definition) is 3. The number of hydrogen-bond donors (Lipinski definition) is 1. The SMILES string of the molecule is CCC(O)(COC)Cc1ccncc1. The minimum absolute atomic E-state index is 0.367. The minimum Gasteiger partial charge on any atom is -0.387 e. The van der Waals surface area contributed by atoms with Gasteiger partial charge in [-0.05, 0) is 24.1 Å². The first kappa shape index (κ1) is 11.1. The molecule has 1 heterocycles. The highest BCUT2D eigenvalue weighted by molar-refractivity contribution is 5.12. The zero-order valence-corrected chi connectivity index (χ0v) is 8.73. The molecule has 1 unspecified atom stereocenters. The predicted octanol–water partition coefficient (Wildman–Crippen LogP) is 1.41. The lowest BCUT2D eigenvalue weighted by Gasteiger charge is -2.25. The second-order valence-corrected chi connectivity index (χ2v) is 3.54. The largest absolute Gasteiger partial charge is 0.387 e. The molecule has 0 fully saturated rings. The van der Waals surface area contributed by atoms with Crippen LogP contribution in [0.1, 0.15) is 18.9 Å². The maximum absolute atomic E-state index is 10.1. The quantitative estimate of drug-likeness (QED) is 0.772. The van der Waals surface area contributed by atoms with Gasteiger partial charge in [0.15, 0.2) is 0 Å². The van der Waals surface area contributed by atoms with Crippen LogP contribution in [-0.4, -0.2) is 29.4 Å². The Morgan fingerprint density at radius 3 is 2.57 bits per heavy atom. The lowest BCUT2D eigenvalue weighted by atomic mass is 9.93. The summed E-state index contributed by atoms with van der Waals surface area (Å²) < 4.78 is 5.00. The van der Waals surface area contributed by atoms with Gasteiger partial charge in [0.1, 0.15) is 0 Å². The Kier molecular flexibility index (Phi) is 4.04. The van der Waals surface area contributed by atoms with Crippen LogP contribution in [0.5, 0.6) is 0 Å². The van der Waals surface area contributed by atoms with E-state index in [0.717, 1.165) is 5.56 Å². The van der Waals surface area contributed by atoms with Gasteiger partial charge in [0.05, 0.1) is 12.2 Å². The van der Waals surface area contributed by atoms with Crippen molar-refractivity contribution >= 4 is 0 Å². The molecule has 78 valence electrons. The highest BCUT2D eigenvalue weighted by Crippen LogP contribution is 2.17. The minimum atomic E-state index is -0.754. The third-order valence-electron chi connectivity index (χ3n) is 2.35. The van der Waals surface area contributed by atoms with E-state index < -0.39 is 5.60 Å². The second kappa shape index (κ2) is 5.08. The van der Waals surface area contributed by atoms with Gasteiger partial charge in [-0.15, -0.1) is 0 Å². The van der Waals surface area contributed by atoms with Crippen LogP contribution in [0.2, 0.25) is 0 Å². The average molecular weight is 195 g/mol. The van der Waals surface area contributed by atoms with Crippen LogP contribution in [0.15, 0.2) is 24.5 Å². The fraction of sp³-hybridized carbons (Fsp3) is 0.545. The highest BCUT2D eigenvalue weighted by Gasteiger charge is 2.24. The van der Waals surface area contributed by atoms with E-state index in [2.05, 4.69) is 4.98 Å². The van der Waals surface area contributed by atoms with Crippen molar-refractivity contribution in [2.24, 2.45) is 0 Å². The molecule has 14 heavy (non-hydrogen) atoms. The molecule has 3 heteroatoms. The standard InChI is InChI=1S/C11H17NO2/c1-3-11(13,9-14-2)8-10-4-6-12-7-5-10/h4-7,13H,3,8-9H2,1-2H3. The number of pyridine rings is 1. The van der Waals surface area contributed by atoms with E-state index in [1.54, 1.807) is 19.5 Å². The summed E-state index contributed by atoms with van der Waals surface area (Å²) in [7, 11) is 1.60. The van der Waals surface area contributed by atoms with Crippen LogP contribution >= 0.6 is 0 Å². The zero-order chi connectivity index (χ0) is 10.4. The van der Waals surface area contributed by atoms with Crippen LogP contribution in [0.3, 0.4) is 0 Å². The lowest BCUT2D eigenvalue weighted by molar-refractivity contribution is -0.0333. The number of nitrogens with zero attached hydrogens (tertiary/aromatic N) is 1. The highest BCUT2D eigenvalue weighted by atomic mass is 16.5. The van der Waals surface area contributed by atoms with Crippen molar-refractivity contribution in [1.82, 2.24) is 4.98 Å². The van der Waals surface area contributed by atoms with Gasteiger partial charge in [-0.1, -0.05) is 6.92 Å². The number of aliphatic hydroxyl groups is 1. The molecule has 0 saturated carbocycles. The van der Waals surface area contributed by atoms with Crippen molar-refractivity contribution in [3.63, 3.8) is 0 Å². The molecule has 1 aromatic heterocycles. The molecule has 0 aliphatic rings. The maximum atomic E-state index is 10.1. The smallest absolute Gasteiger partial charge is 0.0917 e. The van der Waals surface area contributed by atoms with E-state index in [0.29, 0.717) is 19.4 Å². The van der Waals surface area contributed by atoms with Gasteiger partial charge in [-0.25, -0.2) is 0 Å². The van der Waals surface area contributed by atoms with E-state index in [-0.39, 0.29) is 0 Å². The first-order valence-corrected chi connectivity index (χ1v) is 4.80. The first-order valence-electron chi connectivity index (χ1n) is 4.80. The molecule has 1 rings (SSSR count). The molecule has 0 aliphatic heterocycles. The van der Waals surface area contributed by atoms with Gasteiger partial charge in [0.25, 0.3) is 0 Å². The second-order valence-electron chi connectivity index (χ2n) is 3.54. The van der Waals surface area contributed by atoms with Crippen molar-refractivity contribution in [2.75, 3.05) is 13.7 Å². The van der Waals surface area contributed by atoms with Gasteiger partial charge in [-0.2, -0.15) is 0 Å². The Morgan fingerprint density at radius 2 is 2.07 bits per heavy atom. The van der Waals surface area contributed by atoms with E-state index >= 15 is 0 Å². The summed E-state index contributed by atoms with van der Waals surface area (Å²) in [4.78, 5) is 3.93. The Balaban J connectivity index is 2.65. The molecule has 0 bridgehead atoms. The molecule has 1 N–H and O–H groups in total. The van der Waals surface area contributed by atoms with Crippen molar-refractivity contribution in [3.05, 3.63) is 30.1 Å². The van der Waals surface area contributed by atoms with E-state index in [1.807, 2.05) is 19.1 Å². The molecule has 0 aliphatic carbocycles. The van der Waals surface area contributed by atoms with Crippen LogP contribution in [-0.2, 0) is 11.2 Å². The molecular weight excluding hydrogens is 178 g/mol. The van der Waals surface area contributed by atoms with Gasteiger partial charge in [0, 0.05) is 25.9 Å². The Hall–Kier alpha value is -0.930. The van der Waals surface area contributed by atoms with Gasteiger partial charge in [0.2, 0.25) is 0 Å². The molecule has 0 amide bonds. The fourth-order valence-electron chi connectivity index (χ4n) is 1.43. The molecule has 0 spiro atoms. The average Bonchev–Trinajstić information content (AvgIpc) is 2.20. The summed E-state index contributed by atoms with van der Waals surface area (Å²) in [5.41, 5.74) is 0.331. The number of methoxy groups -OCH3 is 1. The summed E-state index contributed by atoms with van der Waals surface area (Å²) in [6.45, 7) is 2.33. The molecular formula is C11H17NO2. The molecule has 0 saturated heterocycles. The summed E-state index contributed by atoms with van der Waals surface area (Å²) in [6, 6.07) is 3.83. The normalized spacial score (nSPS) is 15.1. The molecule has 1 atom stereocenters. The number of rotatable bonds is 5. The van der Waals surface area contributed by atoms with Gasteiger partial charge < -0.3 is 9.84 Å². The topological polar surface area (TPSA) is 42.4 Å².